The molecule has 0 saturated heterocycles. The fraction of sp³-hybridized carbons (Fsp3) is 0.533. The molecule has 0 aromatic heterocycles. The molecule has 106 valence electrons. The van der Waals surface area contributed by atoms with Gasteiger partial charge in [-0.15, -0.1) is 0 Å². The molecule has 0 saturated carbocycles. The van der Waals surface area contributed by atoms with Crippen LogP contribution in [-0.2, 0) is 16.0 Å². The van der Waals surface area contributed by atoms with E-state index in [1.807, 2.05) is 0 Å². The van der Waals surface area contributed by atoms with Crippen LogP contribution in [-0.4, -0.2) is 19.0 Å². The summed E-state index contributed by atoms with van der Waals surface area (Å²) in [5.41, 5.74) is 0.818. The van der Waals surface area contributed by atoms with Gasteiger partial charge in [0.2, 0.25) is 0 Å². The first-order chi connectivity index (χ1) is 8.99. The largest absolute Gasteiger partial charge is 0.381 e. The highest BCUT2D eigenvalue weighted by molar-refractivity contribution is 6.35. The van der Waals surface area contributed by atoms with Gasteiger partial charge < -0.3 is 4.74 Å². The summed E-state index contributed by atoms with van der Waals surface area (Å²) in [5.74, 6) is 0.761. The van der Waals surface area contributed by atoms with Crippen molar-refractivity contribution in [2.24, 2.45) is 5.92 Å². The Kier molecular flexibility index (Phi) is 7.44. The van der Waals surface area contributed by atoms with Crippen LogP contribution in [0, 0.1) is 5.92 Å². The maximum atomic E-state index is 11.8. The Morgan fingerprint density at radius 2 is 2.00 bits per heavy atom. The summed E-state index contributed by atoms with van der Waals surface area (Å²) in [6, 6.07) is 5.20. The normalized spacial score (nSPS) is 11.0. The maximum Gasteiger partial charge on any atom is 0.139 e. The number of halogens is 2. The van der Waals surface area contributed by atoms with Crippen LogP contribution in [0.4, 0.5) is 0 Å². The van der Waals surface area contributed by atoms with E-state index in [9.17, 15) is 4.79 Å². The van der Waals surface area contributed by atoms with Gasteiger partial charge in [0.05, 0.1) is 6.61 Å². The minimum Gasteiger partial charge on any atom is -0.381 e. The summed E-state index contributed by atoms with van der Waals surface area (Å²) in [7, 11) is 0. The highest BCUT2D eigenvalue weighted by Gasteiger charge is 2.08. The average Bonchev–Trinajstić information content (AvgIpc) is 2.32. The monoisotopic (exact) mass is 302 g/mol. The molecule has 1 rings (SSSR count). The third kappa shape index (κ3) is 6.95. The lowest BCUT2D eigenvalue weighted by atomic mass is 10.1. The fourth-order valence-corrected chi connectivity index (χ4v) is 2.05. The molecule has 0 atom stereocenters. The van der Waals surface area contributed by atoms with Gasteiger partial charge in [-0.25, -0.2) is 0 Å². The van der Waals surface area contributed by atoms with Crippen LogP contribution in [0.1, 0.15) is 32.3 Å². The predicted molar refractivity (Wildman–Crippen MR) is 80.1 cm³/mol. The van der Waals surface area contributed by atoms with Crippen LogP contribution < -0.4 is 0 Å². The van der Waals surface area contributed by atoms with Crippen molar-refractivity contribution in [2.45, 2.75) is 33.1 Å². The second-order valence-electron chi connectivity index (χ2n) is 5.00. The molecule has 0 aliphatic carbocycles. The van der Waals surface area contributed by atoms with Crippen LogP contribution in [0.5, 0.6) is 0 Å². The predicted octanol–water partition coefficient (Wildman–Crippen LogP) is 4.56. The Morgan fingerprint density at radius 1 is 1.26 bits per heavy atom. The minimum absolute atomic E-state index is 0.133. The zero-order valence-electron chi connectivity index (χ0n) is 11.4. The number of Topliss-reactive ketones (excluding diaryl/α,β-unsaturated/α-hetero) is 1. The first-order valence-electron chi connectivity index (χ1n) is 6.52. The third-order valence-electron chi connectivity index (χ3n) is 2.77. The van der Waals surface area contributed by atoms with Crippen LogP contribution in [0.25, 0.3) is 0 Å². The molecule has 0 bridgehead atoms. The Bertz CT molecular complexity index is 417. The van der Waals surface area contributed by atoms with E-state index in [1.54, 1.807) is 18.2 Å². The van der Waals surface area contributed by atoms with Crippen molar-refractivity contribution in [3.63, 3.8) is 0 Å². The van der Waals surface area contributed by atoms with Crippen LogP contribution in [0.15, 0.2) is 18.2 Å². The average molecular weight is 303 g/mol. The lowest BCUT2D eigenvalue weighted by Crippen LogP contribution is -2.09. The van der Waals surface area contributed by atoms with E-state index in [-0.39, 0.29) is 5.78 Å². The number of carbonyl (C=O) groups is 1. The van der Waals surface area contributed by atoms with Crippen molar-refractivity contribution in [1.82, 2.24) is 0 Å². The van der Waals surface area contributed by atoms with Gasteiger partial charge >= 0.3 is 0 Å². The van der Waals surface area contributed by atoms with Crippen molar-refractivity contribution in [2.75, 3.05) is 13.2 Å². The van der Waals surface area contributed by atoms with Gasteiger partial charge in [-0.3, -0.25) is 4.79 Å². The van der Waals surface area contributed by atoms with Crippen molar-refractivity contribution in [3.05, 3.63) is 33.8 Å². The first kappa shape index (κ1) is 16.5. The number of ether oxygens (including phenoxy) is 1. The summed E-state index contributed by atoms with van der Waals surface area (Å²) in [6.45, 7) is 5.50. The standard InChI is InChI=1S/C15H20Cl2O2/c1-11(2)5-7-19-8-6-14(18)9-12-3-4-13(16)10-15(12)17/h3-4,10-11H,5-9H2,1-2H3. The van der Waals surface area contributed by atoms with Crippen LogP contribution in [0.3, 0.4) is 0 Å². The molecule has 0 heterocycles. The van der Waals surface area contributed by atoms with Gasteiger partial charge in [0.1, 0.15) is 5.78 Å². The van der Waals surface area contributed by atoms with E-state index in [2.05, 4.69) is 13.8 Å². The van der Waals surface area contributed by atoms with Crippen molar-refractivity contribution >= 4 is 29.0 Å². The van der Waals surface area contributed by atoms with Gasteiger partial charge in [0.25, 0.3) is 0 Å². The molecule has 0 fully saturated rings. The minimum atomic E-state index is 0.133. The van der Waals surface area contributed by atoms with E-state index < -0.39 is 0 Å². The summed E-state index contributed by atoms with van der Waals surface area (Å²) < 4.78 is 5.43. The van der Waals surface area contributed by atoms with E-state index >= 15 is 0 Å². The third-order valence-corrected chi connectivity index (χ3v) is 3.35. The molecular weight excluding hydrogens is 283 g/mol. The molecule has 0 amide bonds. The topological polar surface area (TPSA) is 26.3 Å². The first-order valence-corrected chi connectivity index (χ1v) is 7.28. The quantitative estimate of drug-likeness (QED) is 0.658. The molecule has 0 unspecified atom stereocenters. The summed E-state index contributed by atoms with van der Waals surface area (Å²) in [6.07, 6.45) is 1.79. The lowest BCUT2D eigenvalue weighted by Gasteiger charge is -2.07. The van der Waals surface area contributed by atoms with Crippen molar-refractivity contribution in [3.8, 4) is 0 Å². The molecule has 19 heavy (non-hydrogen) atoms. The van der Waals surface area contributed by atoms with Gasteiger partial charge in [-0.05, 0) is 30.0 Å². The molecule has 0 radical (unpaired) electrons. The number of hydrogen-bond acceptors (Lipinski definition) is 2. The Morgan fingerprint density at radius 3 is 2.63 bits per heavy atom. The van der Waals surface area contributed by atoms with Gasteiger partial charge in [-0.1, -0.05) is 43.1 Å². The molecule has 0 N–H and O–H groups in total. The molecule has 4 heteroatoms. The van der Waals surface area contributed by atoms with Crippen molar-refractivity contribution in [1.29, 1.82) is 0 Å². The van der Waals surface area contributed by atoms with Gasteiger partial charge in [0, 0.05) is 29.5 Å². The van der Waals surface area contributed by atoms with E-state index in [0.717, 1.165) is 12.0 Å². The molecule has 1 aromatic carbocycles. The molecule has 0 aliphatic rings. The Hall–Kier alpha value is -0.570. The molecular formula is C15H20Cl2O2. The van der Waals surface area contributed by atoms with E-state index in [0.29, 0.717) is 42.0 Å². The second kappa shape index (κ2) is 8.57. The molecule has 0 spiro atoms. The van der Waals surface area contributed by atoms with Crippen LogP contribution in [0.2, 0.25) is 10.0 Å². The van der Waals surface area contributed by atoms with Crippen molar-refractivity contribution < 1.29 is 9.53 Å². The lowest BCUT2D eigenvalue weighted by molar-refractivity contribution is -0.119. The number of benzene rings is 1. The molecule has 1 aromatic rings. The Balaban J connectivity index is 2.27. The molecule has 2 nitrogen and oxygen atoms in total. The Labute approximate surface area is 125 Å². The summed E-state index contributed by atoms with van der Waals surface area (Å²) in [5, 5.41) is 1.12. The maximum absolute atomic E-state index is 11.8. The number of carbonyl (C=O) groups excluding carboxylic acids is 1. The zero-order chi connectivity index (χ0) is 14.3. The molecule has 0 aliphatic heterocycles. The van der Waals surface area contributed by atoms with E-state index in [1.165, 1.54) is 0 Å². The van der Waals surface area contributed by atoms with Gasteiger partial charge in [-0.2, -0.15) is 0 Å². The fourth-order valence-electron chi connectivity index (χ4n) is 1.57. The SMILES string of the molecule is CC(C)CCOCCC(=O)Cc1ccc(Cl)cc1Cl. The highest BCUT2D eigenvalue weighted by Crippen LogP contribution is 2.21. The summed E-state index contributed by atoms with van der Waals surface area (Å²) in [4.78, 5) is 11.8. The smallest absolute Gasteiger partial charge is 0.139 e. The number of rotatable bonds is 8. The van der Waals surface area contributed by atoms with Crippen LogP contribution >= 0.6 is 23.2 Å². The zero-order valence-corrected chi connectivity index (χ0v) is 12.9. The summed E-state index contributed by atoms with van der Waals surface area (Å²) >= 11 is 11.8. The second-order valence-corrected chi connectivity index (χ2v) is 5.84. The number of hydrogen-bond donors (Lipinski definition) is 0. The van der Waals surface area contributed by atoms with E-state index in [4.69, 9.17) is 27.9 Å². The number of ketones is 1. The van der Waals surface area contributed by atoms with Gasteiger partial charge in [0.15, 0.2) is 0 Å². The highest BCUT2D eigenvalue weighted by atomic mass is 35.5.